The summed E-state index contributed by atoms with van der Waals surface area (Å²) in [5.41, 5.74) is 6.86. The molecule has 2 aromatic rings. The molecule has 0 spiro atoms. The monoisotopic (exact) mass is 460 g/mol. The average molecular weight is 461 g/mol. The zero-order valence-electron chi connectivity index (χ0n) is 17.9. The van der Waals surface area contributed by atoms with Gasteiger partial charge in [0.25, 0.3) is 0 Å². The highest BCUT2D eigenvalue weighted by Crippen LogP contribution is 2.49. The lowest BCUT2D eigenvalue weighted by molar-refractivity contribution is -0.123. The van der Waals surface area contributed by atoms with Crippen LogP contribution in [0.25, 0.3) is 0 Å². The fourth-order valence-corrected chi connectivity index (χ4v) is 4.95. The molecular weight excluding hydrogens is 431 g/mol. The lowest BCUT2D eigenvalue weighted by Gasteiger charge is -2.35. The maximum Gasteiger partial charge on any atom is 0.230 e. The van der Waals surface area contributed by atoms with Crippen molar-refractivity contribution in [1.82, 2.24) is 10.3 Å². The molecular formula is C24H30ClFN4O2. The normalized spacial score (nSPS) is 23.8. The van der Waals surface area contributed by atoms with Crippen LogP contribution in [0.4, 0.5) is 10.1 Å². The molecule has 6 nitrogen and oxygen atoms in total. The van der Waals surface area contributed by atoms with Crippen molar-refractivity contribution >= 4 is 23.2 Å². The molecule has 1 amide bonds. The van der Waals surface area contributed by atoms with Gasteiger partial charge >= 0.3 is 0 Å². The number of nitrogens with zero attached hydrogens (tertiary/aromatic N) is 1. The molecule has 32 heavy (non-hydrogen) atoms. The van der Waals surface area contributed by atoms with E-state index in [-0.39, 0.29) is 23.8 Å². The van der Waals surface area contributed by atoms with Crippen LogP contribution < -0.4 is 16.4 Å². The number of anilines is 1. The van der Waals surface area contributed by atoms with Gasteiger partial charge in [-0.05, 0) is 68.7 Å². The Bertz CT molecular complexity index is 933. The molecule has 172 valence electrons. The third-order valence-corrected chi connectivity index (χ3v) is 7.23. The molecule has 8 heteroatoms. The Kier molecular flexibility index (Phi) is 6.98. The number of nitrogens with two attached hydrogens (primary N) is 1. The lowest BCUT2D eigenvalue weighted by atomic mass is 9.78. The third-order valence-electron chi connectivity index (χ3n) is 6.99. The fourth-order valence-electron chi connectivity index (χ4n) is 4.79. The first-order valence-electron chi connectivity index (χ1n) is 11.2. The van der Waals surface area contributed by atoms with Gasteiger partial charge in [-0.1, -0.05) is 17.7 Å². The molecule has 5 N–H and O–H groups in total. The number of hydrogen-bond donors (Lipinski definition) is 4. The van der Waals surface area contributed by atoms with Crippen LogP contribution in [0.5, 0.6) is 0 Å². The summed E-state index contributed by atoms with van der Waals surface area (Å²) < 4.78 is 14.4. The number of aliphatic hydroxyl groups excluding tert-OH is 1. The Morgan fingerprint density at radius 2 is 1.84 bits per heavy atom. The number of amides is 1. The summed E-state index contributed by atoms with van der Waals surface area (Å²) in [7, 11) is 0. The van der Waals surface area contributed by atoms with Crippen LogP contribution >= 0.6 is 11.6 Å². The van der Waals surface area contributed by atoms with E-state index in [1.807, 2.05) is 12.1 Å². The number of nitrogens with one attached hydrogen (secondary N) is 2. The van der Waals surface area contributed by atoms with E-state index in [0.29, 0.717) is 30.0 Å². The topological polar surface area (TPSA) is 100 Å². The average Bonchev–Trinajstić information content (AvgIpc) is 3.60. The molecule has 2 aliphatic rings. The number of halogens is 2. The van der Waals surface area contributed by atoms with E-state index in [1.165, 1.54) is 6.07 Å². The molecule has 0 bridgehead atoms. The maximum absolute atomic E-state index is 14.4. The van der Waals surface area contributed by atoms with Gasteiger partial charge < -0.3 is 21.5 Å². The molecule has 2 saturated carbocycles. The van der Waals surface area contributed by atoms with Crippen LogP contribution in [0.1, 0.15) is 44.1 Å². The van der Waals surface area contributed by atoms with Crippen LogP contribution in [0.3, 0.4) is 0 Å². The number of rotatable bonds is 8. The van der Waals surface area contributed by atoms with Crippen LogP contribution in [0.2, 0.25) is 5.02 Å². The van der Waals surface area contributed by atoms with E-state index in [0.717, 1.165) is 31.4 Å². The van der Waals surface area contributed by atoms with Crippen molar-refractivity contribution in [2.75, 3.05) is 11.9 Å². The van der Waals surface area contributed by atoms with Crippen molar-refractivity contribution in [3.8, 4) is 0 Å². The summed E-state index contributed by atoms with van der Waals surface area (Å²) in [6.07, 6.45) is 7.54. The number of aromatic nitrogens is 1. The molecule has 2 aliphatic carbocycles. The van der Waals surface area contributed by atoms with Gasteiger partial charge in [-0.25, -0.2) is 4.39 Å². The highest BCUT2D eigenvalue weighted by Gasteiger charge is 2.52. The van der Waals surface area contributed by atoms with Gasteiger partial charge in [0.05, 0.1) is 5.41 Å². The summed E-state index contributed by atoms with van der Waals surface area (Å²) in [5, 5.41) is 16.9. The van der Waals surface area contributed by atoms with Crippen molar-refractivity contribution < 1.29 is 14.3 Å². The number of benzene rings is 1. The minimum atomic E-state index is -0.797. The fraction of sp³-hybridized carbons (Fsp3) is 0.500. The maximum atomic E-state index is 14.4. The van der Waals surface area contributed by atoms with Crippen molar-refractivity contribution in [3.63, 3.8) is 0 Å². The molecule has 4 rings (SSSR count). The largest absolute Gasteiger partial charge is 0.374 e. The van der Waals surface area contributed by atoms with E-state index in [2.05, 4.69) is 15.6 Å². The minimum Gasteiger partial charge on any atom is -0.374 e. The molecule has 1 aromatic carbocycles. The number of pyridine rings is 1. The highest BCUT2D eigenvalue weighted by molar-refractivity contribution is 6.30. The first-order chi connectivity index (χ1) is 15.4. The van der Waals surface area contributed by atoms with Crippen LogP contribution in [-0.4, -0.2) is 34.8 Å². The zero-order valence-corrected chi connectivity index (χ0v) is 18.7. The third kappa shape index (κ3) is 5.05. The van der Waals surface area contributed by atoms with Crippen LogP contribution in [0, 0.1) is 17.7 Å². The quantitative estimate of drug-likeness (QED) is 0.451. The Labute approximate surface area is 192 Å². The van der Waals surface area contributed by atoms with E-state index >= 15 is 0 Å². The Hall–Kier alpha value is -2.22. The summed E-state index contributed by atoms with van der Waals surface area (Å²) in [6, 6.07) is 7.97. The zero-order chi connectivity index (χ0) is 22.7. The predicted molar refractivity (Wildman–Crippen MR) is 123 cm³/mol. The van der Waals surface area contributed by atoms with Crippen molar-refractivity contribution in [2.45, 2.75) is 56.2 Å². The van der Waals surface area contributed by atoms with Gasteiger partial charge in [-0.2, -0.15) is 0 Å². The number of carbonyl (C=O) groups is 1. The molecule has 1 heterocycles. The summed E-state index contributed by atoms with van der Waals surface area (Å²) in [4.78, 5) is 16.8. The molecule has 2 atom stereocenters. The van der Waals surface area contributed by atoms with E-state index in [9.17, 15) is 14.3 Å². The number of carbonyl (C=O) groups excluding carboxylic acids is 1. The van der Waals surface area contributed by atoms with E-state index in [1.54, 1.807) is 24.5 Å². The van der Waals surface area contributed by atoms with Gasteiger partial charge in [-0.3, -0.25) is 9.78 Å². The molecule has 1 aromatic heterocycles. The first kappa shape index (κ1) is 23.0. The van der Waals surface area contributed by atoms with Gasteiger partial charge in [0, 0.05) is 47.2 Å². The first-order valence-corrected chi connectivity index (χ1v) is 11.6. The number of hydrogen-bond acceptors (Lipinski definition) is 5. The van der Waals surface area contributed by atoms with Gasteiger partial charge in [0.15, 0.2) is 0 Å². The molecule has 2 unspecified atom stereocenters. The summed E-state index contributed by atoms with van der Waals surface area (Å²) in [6.45, 7) is 0.364. The Morgan fingerprint density at radius 1 is 1.19 bits per heavy atom. The summed E-state index contributed by atoms with van der Waals surface area (Å²) >= 11 is 5.85. The smallest absolute Gasteiger partial charge is 0.230 e. The lowest BCUT2D eigenvalue weighted by Crippen LogP contribution is -2.46. The minimum absolute atomic E-state index is 0.156. The predicted octanol–water partition coefficient (Wildman–Crippen LogP) is 3.59. The van der Waals surface area contributed by atoms with Crippen molar-refractivity contribution in [3.05, 3.63) is 59.1 Å². The van der Waals surface area contributed by atoms with E-state index < -0.39 is 17.5 Å². The Morgan fingerprint density at radius 3 is 2.47 bits per heavy atom. The second kappa shape index (κ2) is 9.73. The molecule has 2 fully saturated rings. The second-order valence-electron chi connectivity index (χ2n) is 9.08. The van der Waals surface area contributed by atoms with Crippen LogP contribution in [0.15, 0.2) is 42.7 Å². The van der Waals surface area contributed by atoms with Gasteiger partial charge in [-0.15, -0.1) is 0 Å². The number of aliphatic hydroxyl groups is 1. The second-order valence-corrected chi connectivity index (χ2v) is 9.52. The molecule has 0 radical (unpaired) electrons. The van der Waals surface area contributed by atoms with Crippen molar-refractivity contribution in [2.24, 2.45) is 17.6 Å². The standard InChI is InChI=1S/C24H30ClFN4O2/c25-17-5-6-19(20(26)13-17)24(9-10-24)23(32)29-14-21(27)15-1-3-16(4-2-15)22(31)30-18-7-11-28-12-8-18/h5-8,11-13,15-16,21-22,31H,1-4,9-10,14,27H2,(H,28,30)(H,29,32). The van der Waals surface area contributed by atoms with Crippen LogP contribution in [-0.2, 0) is 10.2 Å². The summed E-state index contributed by atoms with van der Waals surface area (Å²) in [5.74, 6) is -0.169. The van der Waals surface area contributed by atoms with E-state index in [4.69, 9.17) is 17.3 Å². The Balaban J connectivity index is 1.24. The SMILES string of the molecule is NC(CNC(=O)C1(c2ccc(Cl)cc2F)CC1)C1CCC(C(O)Nc2ccncc2)CC1. The van der Waals surface area contributed by atoms with Gasteiger partial charge in [0.2, 0.25) is 5.91 Å². The highest BCUT2D eigenvalue weighted by atomic mass is 35.5. The van der Waals surface area contributed by atoms with Gasteiger partial charge in [0.1, 0.15) is 12.0 Å². The molecule has 0 saturated heterocycles. The molecule has 0 aliphatic heterocycles. The van der Waals surface area contributed by atoms with Crippen molar-refractivity contribution in [1.29, 1.82) is 0 Å².